The highest BCUT2D eigenvalue weighted by Crippen LogP contribution is 2.65. The maximum Gasteiger partial charge on any atom is 0.310 e. The summed E-state index contributed by atoms with van der Waals surface area (Å²) in [7, 11) is 6.03. The molecule has 0 unspecified atom stereocenters. The lowest BCUT2D eigenvalue weighted by atomic mass is 9.53. The first kappa shape index (κ1) is 22.8. The molecule has 2 aromatic carbocycles. The molecular formula is C28H28O8. The van der Waals surface area contributed by atoms with Crippen molar-refractivity contribution in [1.82, 2.24) is 0 Å². The fraction of sp³-hybridized carbons (Fsp3) is 0.429. The molecule has 2 bridgehead atoms. The molecule has 8 heteroatoms. The van der Waals surface area contributed by atoms with E-state index in [2.05, 4.69) is 12.2 Å². The van der Waals surface area contributed by atoms with Gasteiger partial charge >= 0.3 is 5.97 Å². The molecule has 1 spiro atoms. The second-order valence-corrected chi connectivity index (χ2v) is 9.79. The number of methoxy groups -OCH3 is 4. The lowest BCUT2D eigenvalue weighted by molar-refractivity contribution is -0.151. The number of hydrogen-bond donors (Lipinski definition) is 0. The van der Waals surface area contributed by atoms with Gasteiger partial charge in [-0.3, -0.25) is 9.59 Å². The Morgan fingerprint density at radius 2 is 1.64 bits per heavy atom. The zero-order chi connectivity index (χ0) is 25.2. The predicted octanol–water partition coefficient (Wildman–Crippen LogP) is 4.14. The van der Waals surface area contributed by atoms with Crippen molar-refractivity contribution in [3.05, 3.63) is 53.1 Å². The van der Waals surface area contributed by atoms with Crippen LogP contribution in [0.2, 0.25) is 0 Å². The third-order valence-corrected chi connectivity index (χ3v) is 8.37. The maximum atomic E-state index is 14.4. The zero-order valence-corrected chi connectivity index (χ0v) is 20.7. The van der Waals surface area contributed by atoms with E-state index in [1.54, 1.807) is 27.4 Å². The Hall–Kier alpha value is -3.68. The first-order valence-corrected chi connectivity index (χ1v) is 12.0. The molecule has 8 nitrogen and oxygen atoms in total. The van der Waals surface area contributed by atoms with Crippen LogP contribution >= 0.6 is 0 Å². The normalized spacial score (nSPS) is 28.8. The number of esters is 1. The molecular weight excluding hydrogens is 464 g/mol. The van der Waals surface area contributed by atoms with Crippen LogP contribution in [0.4, 0.5) is 0 Å². The Morgan fingerprint density at radius 1 is 0.944 bits per heavy atom. The van der Waals surface area contributed by atoms with Crippen LogP contribution in [0.5, 0.6) is 28.7 Å². The summed E-state index contributed by atoms with van der Waals surface area (Å²) in [5.74, 6) is 0.971. The van der Waals surface area contributed by atoms with Gasteiger partial charge in [0.15, 0.2) is 28.8 Å². The van der Waals surface area contributed by atoms with Gasteiger partial charge < -0.3 is 28.4 Å². The molecule has 0 N–H and O–H groups in total. The molecule has 36 heavy (non-hydrogen) atoms. The Morgan fingerprint density at radius 3 is 2.19 bits per heavy atom. The van der Waals surface area contributed by atoms with E-state index in [9.17, 15) is 9.59 Å². The van der Waals surface area contributed by atoms with E-state index in [0.29, 0.717) is 46.3 Å². The van der Waals surface area contributed by atoms with Crippen molar-refractivity contribution < 1.29 is 38.0 Å². The number of benzene rings is 2. The molecule has 3 aliphatic carbocycles. The monoisotopic (exact) mass is 492 g/mol. The first-order valence-electron chi connectivity index (χ1n) is 12.0. The summed E-state index contributed by atoms with van der Waals surface area (Å²) in [6.07, 6.45) is 5.72. The number of Topliss-reactive ketones (excluding diaryl/α,β-unsaturated/α-hetero) is 1. The van der Waals surface area contributed by atoms with Gasteiger partial charge in [0.2, 0.25) is 12.5 Å². The molecule has 2 aromatic rings. The average Bonchev–Trinajstić information content (AvgIpc) is 3.65. The van der Waals surface area contributed by atoms with E-state index >= 15 is 0 Å². The minimum Gasteiger partial charge on any atom is -0.493 e. The van der Waals surface area contributed by atoms with E-state index in [-0.39, 0.29) is 24.4 Å². The van der Waals surface area contributed by atoms with E-state index in [1.165, 1.54) is 7.11 Å². The Bertz CT molecular complexity index is 1270. The number of ether oxygens (including phenoxy) is 6. The minimum atomic E-state index is -0.918. The molecule has 1 heterocycles. The highest BCUT2D eigenvalue weighted by Gasteiger charge is 2.65. The number of ketones is 1. The average molecular weight is 493 g/mol. The highest BCUT2D eigenvalue weighted by atomic mass is 16.7. The Labute approximate surface area is 209 Å². The number of hydrogen-bond acceptors (Lipinski definition) is 8. The second-order valence-electron chi connectivity index (χ2n) is 9.79. The largest absolute Gasteiger partial charge is 0.493 e. The summed E-state index contributed by atoms with van der Waals surface area (Å²) in [5, 5.41) is 0. The van der Waals surface area contributed by atoms with Crippen molar-refractivity contribution in [1.29, 1.82) is 0 Å². The van der Waals surface area contributed by atoms with Crippen LogP contribution in [-0.4, -0.2) is 47.0 Å². The van der Waals surface area contributed by atoms with Crippen LogP contribution in [0.25, 0.3) is 0 Å². The fourth-order valence-electron chi connectivity index (χ4n) is 6.92. The van der Waals surface area contributed by atoms with Crippen molar-refractivity contribution in [3.8, 4) is 28.7 Å². The molecule has 1 fully saturated rings. The number of fused-ring (bicyclic) bond motifs is 5. The van der Waals surface area contributed by atoms with E-state index in [1.807, 2.05) is 18.2 Å². The SMILES string of the molecule is COC(=O)[C@H]1[C@H](c2cc(OC)c(OC)c(OC)c2)c2cc3c(cc2C(=O)[C@@]12C[C@@H]1C=C[C@H]2C1)OCO3. The lowest BCUT2D eigenvalue weighted by Crippen LogP contribution is -2.52. The fourth-order valence-corrected chi connectivity index (χ4v) is 6.92. The van der Waals surface area contributed by atoms with E-state index in [0.717, 1.165) is 12.0 Å². The van der Waals surface area contributed by atoms with Crippen LogP contribution in [-0.2, 0) is 9.53 Å². The van der Waals surface area contributed by atoms with Crippen LogP contribution < -0.4 is 23.7 Å². The summed E-state index contributed by atoms with van der Waals surface area (Å²) >= 11 is 0. The van der Waals surface area contributed by atoms with Crippen LogP contribution in [0.3, 0.4) is 0 Å². The van der Waals surface area contributed by atoms with Crippen molar-refractivity contribution in [2.45, 2.75) is 18.8 Å². The number of carbonyl (C=O) groups excluding carboxylic acids is 2. The molecule has 0 radical (unpaired) electrons. The Kier molecular flexibility index (Phi) is 5.17. The van der Waals surface area contributed by atoms with Gasteiger partial charge in [-0.1, -0.05) is 12.2 Å². The summed E-state index contributed by atoms with van der Waals surface area (Å²) in [5.41, 5.74) is 1.10. The highest BCUT2D eigenvalue weighted by molar-refractivity contribution is 6.08. The topological polar surface area (TPSA) is 89.5 Å². The zero-order valence-electron chi connectivity index (χ0n) is 20.7. The van der Waals surface area contributed by atoms with Gasteiger partial charge in [0, 0.05) is 11.5 Å². The molecule has 4 aliphatic rings. The van der Waals surface area contributed by atoms with Crippen LogP contribution in [0, 0.1) is 23.2 Å². The first-order chi connectivity index (χ1) is 17.5. The van der Waals surface area contributed by atoms with Gasteiger partial charge in [-0.15, -0.1) is 0 Å². The smallest absolute Gasteiger partial charge is 0.310 e. The van der Waals surface area contributed by atoms with Gasteiger partial charge in [-0.2, -0.15) is 0 Å². The summed E-state index contributed by atoms with van der Waals surface area (Å²) in [6.45, 7) is 0.0836. The van der Waals surface area contributed by atoms with Crippen LogP contribution in [0.15, 0.2) is 36.4 Å². The van der Waals surface area contributed by atoms with Crippen molar-refractivity contribution in [2.75, 3.05) is 35.2 Å². The van der Waals surface area contributed by atoms with Crippen molar-refractivity contribution in [3.63, 3.8) is 0 Å². The molecule has 6 rings (SSSR count). The second kappa shape index (κ2) is 8.18. The maximum absolute atomic E-state index is 14.4. The third-order valence-electron chi connectivity index (χ3n) is 8.37. The van der Waals surface area contributed by atoms with Gasteiger partial charge in [-0.25, -0.2) is 0 Å². The Balaban J connectivity index is 1.66. The van der Waals surface area contributed by atoms with Crippen molar-refractivity contribution in [2.24, 2.45) is 23.2 Å². The summed E-state index contributed by atoms with van der Waals surface area (Å²) in [4.78, 5) is 28.0. The van der Waals surface area contributed by atoms with Gasteiger partial charge in [0.1, 0.15) is 0 Å². The van der Waals surface area contributed by atoms with Crippen LogP contribution in [0.1, 0.15) is 40.2 Å². The third kappa shape index (κ3) is 2.93. The molecule has 5 atom stereocenters. The quantitative estimate of drug-likeness (QED) is 0.455. The van der Waals surface area contributed by atoms with Gasteiger partial charge in [0.25, 0.3) is 0 Å². The van der Waals surface area contributed by atoms with E-state index < -0.39 is 23.2 Å². The summed E-state index contributed by atoms with van der Waals surface area (Å²) in [6, 6.07) is 7.30. The van der Waals surface area contributed by atoms with E-state index in [4.69, 9.17) is 28.4 Å². The standard InChI is InChI=1S/C28H28O8/c1-31-21-8-15(9-22(32-2)25(21)33-3)23-17-10-19-20(36-13-35-19)11-18(17)26(29)28(24(23)27(30)34-4)12-14-5-6-16(28)7-14/h5-6,8-11,14,16,23-24H,7,12-13H2,1-4H3/t14-,16+,23-,24-,28-/m1/s1. The molecule has 1 aliphatic heterocycles. The number of allylic oxidation sites excluding steroid dienone is 2. The van der Waals surface area contributed by atoms with Crippen molar-refractivity contribution >= 4 is 11.8 Å². The minimum absolute atomic E-state index is 0.0354. The lowest BCUT2D eigenvalue weighted by Gasteiger charge is -2.47. The molecule has 0 aromatic heterocycles. The van der Waals surface area contributed by atoms with Gasteiger partial charge in [-0.05, 0) is 60.1 Å². The van der Waals surface area contributed by atoms with Gasteiger partial charge in [0.05, 0.1) is 39.8 Å². The molecule has 1 saturated carbocycles. The number of carbonyl (C=O) groups is 2. The summed E-state index contributed by atoms with van der Waals surface area (Å²) < 4.78 is 33.5. The predicted molar refractivity (Wildman–Crippen MR) is 128 cm³/mol. The molecule has 0 saturated heterocycles. The molecule has 0 amide bonds. The number of rotatable bonds is 5. The molecule has 188 valence electrons.